The predicted octanol–water partition coefficient (Wildman–Crippen LogP) is 2.65. The molecule has 50 valence electrons. The first-order chi connectivity index (χ1) is 4.13. The topological polar surface area (TPSA) is 26.0 Å². The Balaban J connectivity index is 3.74. The molecule has 0 heterocycles. The normalized spacial score (nSPS) is 12.4. The summed E-state index contributed by atoms with van der Waals surface area (Å²) in [5, 5.41) is 0. The van der Waals surface area contributed by atoms with Gasteiger partial charge in [-0.2, -0.15) is 0 Å². The van der Waals surface area contributed by atoms with Crippen LogP contribution in [0.1, 0.15) is 0 Å². The average Bonchev–Trinajstić information content (AvgIpc) is 1.63. The van der Waals surface area contributed by atoms with E-state index in [1.54, 1.807) is 18.2 Å². The second-order valence-electron chi connectivity index (χ2n) is 1.36. The van der Waals surface area contributed by atoms with E-state index in [9.17, 15) is 0 Å². The molecule has 0 amide bonds. The third-order valence-electron chi connectivity index (χ3n) is 0.533. The molecule has 0 aliphatic carbocycles. The molecule has 0 bridgehead atoms. The van der Waals surface area contributed by atoms with Crippen molar-refractivity contribution in [3.63, 3.8) is 0 Å². The van der Waals surface area contributed by atoms with E-state index in [0.29, 0.717) is 4.61 Å². The van der Waals surface area contributed by atoms with Crippen LogP contribution in [0.3, 0.4) is 0 Å². The summed E-state index contributed by atoms with van der Waals surface area (Å²) in [6.45, 7) is 3.60. The Hall–Kier alpha value is -0.0200. The van der Waals surface area contributed by atoms with Crippen LogP contribution in [-0.2, 0) is 0 Å². The standard InChI is InChI=1S/C6H7Br2N/c1-5(7)3-2-4-6(8)9/h2-4H,1,9H2/b3-2-,6-4-. The summed E-state index contributed by atoms with van der Waals surface area (Å²) >= 11 is 6.22. The van der Waals surface area contributed by atoms with Gasteiger partial charge in [0.05, 0.1) is 4.61 Å². The minimum Gasteiger partial charge on any atom is -0.393 e. The van der Waals surface area contributed by atoms with Crippen molar-refractivity contribution in [2.24, 2.45) is 5.73 Å². The van der Waals surface area contributed by atoms with Gasteiger partial charge in [-0.25, -0.2) is 0 Å². The zero-order chi connectivity index (χ0) is 7.28. The van der Waals surface area contributed by atoms with Gasteiger partial charge in [0.1, 0.15) is 0 Å². The average molecular weight is 253 g/mol. The Morgan fingerprint density at radius 1 is 1.44 bits per heavy atom. The molecule has 1 nitrogen and oxygen atoms in total. The zero-order valence-electron chi connectivity index (χ0n) is 4.77. The van der Waals surface area contributed by atoms with E-state index in [-0.39, 0.29) is 0 Å². The first-order valence-corrected chi connectivity index (χ1v) is 3.85. The molecule has 0 fully saturated rings. The summed E-state index contributed by atoms with van der Waals surface area (Å²) in [4.78, 5) is 0. The van der Waals surface area contributed by atoms with Crippen molar-refractivity contribution in [2.45, 2.75) is 0 Å². The highest BCUT2D eigenvalue weighted by Gasteiger charge is 1.74. The molecule has 0 saturated carbocycles. The molecule has 0 atom stereocenters. The Kier molecular flexibility index (Phi) is 4.81. The van der Waals surface area contributed by atoms with Crippen molar-refractivity contribution >= 4 is 31.9 Å². The maximum Gasteiger partial charge on any atom is 0.0753 e. The van der Waals surface area contributed by atoms with E-state index >= 15 is 0 Å². The zero-order valence-corrected chi connectivity index (χ0v) is 7.94. The van der Waals surface area contributed by atoms with Crippen molar-refractivity contribution in [1.29, 1.82) is 0 Å². The number of rotatable bonds is 2. The fourth-order valence-electron chi connectivity index (χ4n) is 0.244. The van der Waals surface area contributed by atoms with Gasteiger partial charge in [0.25, 0.3) is 0 Å². The van der Waals surface area contributed by atoms with E-state index in [2.05, 4.69) is 38.4 Å². The summed E-state index contributed by atoms with van der Waals surface area (Å²) in [5.41, 5.74) is 5.26. The van der Waals surface area contributed by atoms with Crippen molar-refractivity contribution in [3.8, 4) is 0 Å². The molecule has 0 rings (SSSR count). The quantitative estimate of drug-likeness (QED) is 0.594. The first kappa shape index (κ1) is 8.98. The second kappa shape index (κ2) is 4.82. The van der Waals surface area contributed by atoms with Crippen LogP contribution in [-0.4, -0.2) is 0 Å². The smallest absolute Gasteiger partial charge is 0.0753 e. The molecule has 0 spiro atoms. The van der Waals surface area contributed by atoms with Gasteiger partial charge >= 0.3 is 0 Å². The van der Waals surface area contributed by atoms with Crippen molar-refractivity contribution < 1.29 is 0 Å². The van der Waals surface area contributed by atoms with E-state index in [4.69, 9.17) is 5.73 Å². The Morgan fingerprint density at radius 3 is 2.33 bits per heavy atom. The molecular weight excluding hydrogens is 246 g/mol. The van der Waals surface area contributed by atoms with Crippen molar-refractivity contribution in [3.05, 3.63) is 33.9 Å². The van der Waals surface area contributed by atoms with Crippen molar-refractivity contribution in [1.82, 2.24) is 0 Å². The van der Waals surface area contributed by atoms with Crippen LogP contribution in [0.4, 0.5) is 0 Å². The molecule has 0 aliphatic heterocycles. The summed E-state index contributed by atoms with van der Waals surface area (Å²) in [6.07, 6.45) is 5.32. The lowest BCUT2D eigenvalue weighted by atomic mass is 10.5. The van der Waals surface area contributed by atoms with Gasteiger partial charge in [0.15, 0.2) is 0 Å². The molecular formula is C6H7Br2N. The van der Waals surface area contributed by atoms with Crippen molar-refractivity contribution in [2.75, 3.05) is 0 Å². The van der Waals surface area contributed by atoms with Crippen LogP contribution in [0.2, 0.25) is 0 Å². The van der Waals surface area contributed by atoms with Crippen LogP contribution in [0.25, 0.3) is 0 Å². The minimum atomic E-state index is 0.604. The highest BCUT2D eigenvalue weighted by atomic mass is 79.9. The van der Waals surface area contributed by atoms with Gasteiger partial charge in [-0.3, -0.25) is 0 Å². The van der Waals surface area contributed by atoms with Gasteiger partial charge in [0.2, 0.25) is 0 Å². The lowest BCUT2D eigenvalue weighted by molar-refractivity contribution is 1.56. The lowest BCUT2D eigenvalue weighted by Gasteiger charge is -1.81. The maximum absolute atomic E-state index is 5.26. The molecule has 2 N–H and O–H groups in total. The number of allylic oxidation sites excluding steroid dienone is 4. The molecule has 0 radical (unpaired) electrons. The monoisotopic (exact) mass is 251 g/mol. The van der Waals surface area contributed by atoms with Gasteiger partial charge in [-0.1, -0.05) is 28.6 Å². The van der Waals surface area contributed by atoms with Crippen LogP contribution >= 0.6 is 31.9 Å². The number of halogens is 2. The van der Waals surface area contributed by atoms with Crippen LogP contribution in [0.15, 0.2) is 33.9 Å². The Labute approximate surface area is 71.6 Å². The molecule has 9 heavy (non-hydrogen) atoms. The third-order valence-corrected chi connectivity index (χ3v) is 1.06. The first-order valence-electron chi connectivity index (χ1n) is 2.26. The Morgan fingerprint density at radius 2 is 2.00 bits per heavy atom. The van der Waals surface area contributed by atoms with Crippen LogP contribution < -0.4 is 5.73 Å². The molecule has 3 heteroatoms. The van der Waals surface area contributed by atoms with Crippen LogP contribution in [0, 0.1) is 0 Å². The number of hydrogen-bond donors (Lipinski definition) is 1. The highest BCUT2D eigenvalue weighted by molar-refractivity contribution is 9.12. The number of hydrogen-bond acceptors (Lipinski definition) is 1. The molecule has 0 aromatic carbocycles. The summed E-state index contributed by atoms with van der Waals surface area (Å²) in [5.74, 6) is 0. The Bertz CT molecular complexity index is 154. The third kappa shape index (κ3) is 7.98. The molecule has 0 saturated heterocycles. The molecule has 0 aromatic heterocycles. The summed E-state index contributed by atoms with van der Waals surface area (Å²) in [7, 11) is 0. The molecule has 0 aromatic rings. The maximum atomic E-state index is 5.26. The summed E-state index contributed by atoms with van der Waals surface area (Å²) < 4.78 is 1.43. The molecule has 0 unspecified atom stereocenters. The predicted molar refractivity (Wildman–Crippen MR) is 48.4 cm³/mol. The van der Waals surface area contributed by atoms with Gasteiger partial charge in [-0.15, -0.1) is 0 Å². The summed E-state index contributed by atoms with van der Waals surface area (Å²) in [6, 6.07) is 0. The lowest BCUT2D eigenvalue weighted by Crippen LogP contribution is -1.83. The van der Waals surface area contributed by atoms with E-state index in [0.717, 1.165) is 4.48 Å². The van der Waals surface area contributed by atoms with E-state index in [1.807, 2.05) is 0 Å². The minimum absolute atomic E-state index is 0.604. The largest absolute Gasteiger partial charge is 0.393 e. The fourth-order valence-corrected chi connectivity index (χ4v) is 0.550. The number of nitrogens with two attached hydrogens (primary N) is 1. The van der Waals surface area contributed by atoms with E-state index in [1.165, 1.54) is 0 Å². The van der Waals surface area contributed by atoms with E-state index < -0.39 is 0 Å². The highest BCUT2D eigenvalue weighted by Crippen LogP contribution is 2.02. The molecule has 0 aliphatic rings. The van der Waals surface area contributed by atoms with Gasteiger partial charge in [-0.05, 0) is 28.1 Å². The van der Waals surface area contributed by atoms with Gasteiger partial charge < -0.3 is 5.73 Å². The van der Waals surface area contributed by atoms with Crippen LogP contribution in [0.5, 0.6) is 0 Å². The second-order valence-corrected chi connectivity index (χ2v) is 3.29. The van der Waals surface area contributed by atoms with Gasteiger partial charge in [0, 0.05) is 4.48 Å². The SMILES string of the molecule is C=C(Br)/C=C\C=C(/N)Br. The fraction of sp³-hybridized carbons (Fsp3) is 0.